The molecule has 1 aliphatic heterocycles. The van der Waals surface area contributed by atoms with Crippen molar-refractivity contribution in [2.24, 2.45) is 0 Å². The summed E-state index contributed by atoms with van der Waals surface area (Å²) < 4.78 is 5.72. The quantitative estimate of drug-likeness (QED) is 0.904. The predicted octanol–water partition coefficient (Wildman–Crippen LogP) is 3.27. The number of carboxylic acid groups (broad SMARTS) is 1. The van der Waals surface area contributed by atoms with Crippen LogP contribution in [-0.2, 0) is 4.79 Å². The maximum atomic E-state index is 12.1. The second kappa shape index (κ2) is 4.53. The number of carbonyl (C=O) groups excluding carboxylic acids is 1. The van der Waals surface area contributed by atoms with Crippen LogP contribution in [0.2, 0.25) is 5.02 Å². The van der Waals surface area contributed by atoms with Crippen molar-refractivity contribution in [1.29, 1.82) is 0 Å². The van der Waals surface area contributed by atoms with Crippen LogP contribution >= 0.6 is 11.6 Å². The monoisotopic (exact) mass is 282 g/mol. The molecule has 1 unspecified atom stereocenters. The Morgan fingerprint density at radius 2 is 2.11 bits per heavy atom. The van der Waals surface area contributed by atoms with Crippen molar-refractivity contribution in [2.75, 3.05) is 0 Å². The Balaban J connectivity index is 2.54. The highest BCUT2D eigenvalue weighted by molar-refractivity contribution is 6.33. The molecule has 0 amide bonds. The van der Waals surface area contributed by atoms with Gasteiger partial charge in [-0.1, -0.05) is 11.6 Å². The van der Waals surface area contributed by atoms with E-state index < -0.39 is 17.5 Å². The maximum Gasteiger partial charge on any atom is 0.310 e. The van der Waals surface area contributed by atoms with Crippen LogP contribution in [-0.4, -0.2) is 22.5 Å². The Bertz CT molecular complexity index is 563. The summed E-state index contributed by atoms with van der Waals surface area (Å²) >= 11 is 6.12. The second-order valence-electron chi connectivity index (χ2n) is 5.40. The van der Waals surface area contributed by atoms with Gasteiger partial charge in [0.05, 0.1) is 22.9 Å². The Kier molecular flexibility index (Phi) is 3.31. The number of ketones is 1. The van der Waals surface area contributed by atoms with E-state index in [2.05, 4.69) is 0 Å². The van der Waals surface area contributed by atoms with Crippen LogP contribution in [0.25, 0.3) is 0 Å². The fraction of sp³-hybridized carbons (Fsp3) is 0.429. The number of rotatable bonds is 2. The highest BCUT2D eigenvalue weighted by Gasteiger charge is 2.34. The molecule has 0 bridgehead atoms. The van der Waals surface area contributed by atoms with Crippen LogP contribution in [0.15, 0.2) is 12.1 Å². The SMILES string of the molecule is CC(C(=O)O)c1cc(Cl)c2c(c1)C(=O)CC(C)(C)O2. The molecule has 0 aromatic heterocycles. The number of hydrogen-bond acceptors (Lipinski definition) is 3. The van der Waals surface area contributed by atoms with Crippen molar-refractivity contribution in [3.05, 3.63) is 28.3 Å². The first kappa shape index (κ1) is 13.9. The van der Waals surface area contributed by atoms with E-state index in [1.54, 1.807) is 19.1 Å². The van der Waals surface area contributed by atoms with Crippen LogP contribution < -0.4 is 4.74 Å². The second-order valence-corrected chi connectivity index (χ2v) is 5.81. The molecule has 19 heavy (non-hydrogen) atoms. The van der Waals surface area contributed by atoms with Crippen LogP contribution in [0.1, 0.15) is 49.0 Å². The minimum Gasteiger partial charge on any atom is -0.485 e. The molecule has 1 aromatic rings. The molecule has 2 rings (SSSR count). The van der Waals surface area contributed by atoms with Crippen LogP contribution in [0.4, 0.5) is 0 Å². The van der Waals surface area contributed by atoms with E-state index in [4.69, 9.17) is 21.4 Å². The predicted molar refractivity (Wildman–Crippen MR) is 71.2 cm³/mol. The van der Waals surface area contributed by atoms with Crippen molar-refractivity contribution in [3.8, 4) is 5.75 Å². The summed E-state index contributed by atoms with van der Waals surface area (Å²) in [4.78, 5) is 23.1. The number of halogens is 1. The first-order valence-corrected chi connectivity index (χ1v) is 6.37. The highest BCUT2D eigenvalue weighted by Crippen LogP contribution is 2.40. The number of benzene rings is 1. The zero-order chi connectivity index (χ0) is 14.4. The summed E-state index contributed by atoms with van der Waals surface area (Å²) in [6.45, 7) is 5.19. The van der Waals surface area contributed by atoms with Crippen LogP contribution in [0.3, 0.4) is 0 Å². The third-order valence-electron chi connectivity index (χ3n) is 3.20. The van der Waals surface area contributed by atoms with Crippen LogP contribution in [0, 0.1) is 0 Å². The molecule has 0 radical (unpaired) electrons. The number of hydrogen-bond donors (Lipinski definition) is 1. The van der Waals surface area contributed by atoms with E-state index in [1.165, 1.54) is 0 Å². The van der Waals surface area contributed by atoms with Gasteiger partial charge in [0.15, 0.2) is 5.78 Å². The lowest BCUT2D eigenvalue weighted by Gasteiger charge is -2.32. The molecule has 5 heteroatoms. The van der Waals surface area contributed by atoms with Gasteiger partial charge in [0, 0.05) is 0 Å². The van der Waals surface area contributed by atoms with E-state index in [-0.39, 0.29) is 17.2 Å². The lowest BCUT2D eigenvalue weighted by atomic mass is 9.90. The summed E-state index contributed by atoms with van der Waals surface area (Å²) in [6.07, 6.45) is 0.251. The molecule has 1 atom stereocenters. The third-order valence-corrected chi connectivity index (χ3v) is 3.48. The summed E-state index contributed by atoms with van der Waals surface area (Å²) in [5, 5.41) is 9.30. The van der Waals surface area contributed by atoms with E-state index in [0.717, 1.165) is 0 Å². The number of carboxylic acids is 1. The Labute approximate surface area is 116 Å². The molecule has 1 aliphatic rings. The van der Waals surface area contributed by atoms with E-state index >= 15 is 0 Å². The summed E-state index contributed by atoms with van der Waals surface area (Å²) in [5.74, 6) is -1.40. The van der Waals surface area contributed by atoms with Gasteiger partial charge in [0.25, 0.3) is 0 Å². The first-order chi connectivity index (χ1) is 8.71. The average Bonchev–Trinajstić information content (AvgIpc) is 2.28. The Morgan fingerprint density at radius 3 is 2.68 bits per heavy atom. The zero-order valence-corrected chi connectivity index (χ0v) is 11.7. The Morgan fingerprint density at radius 1 is 1.47 bits per heavy atom. The fourth-order valence-corrected chi connectivity index (χ4v) is 2.38. The largest absolute Gasteiger partial charge is 0.485 e. The molecule has 1 N–H and O–H groups in total. The number of fused-ring (bicyclic) bond motifs is 1. The van der Waals surface area contributed by atoms with Crippen molar-refractivity contribution in [3.63, 3.8) is 0 Å². The molecule has 0 spiro atoms. The average molecular weight is 283 g/mol. The zero-order valence-electron chi connectivity index (χ0n) is 11.0. The lowest BCUT2D eigenvalue weighted by Crippen LogP contribution is -2.36. The van der Waals surface area contributed by atoms with Crippen molar-refractivity contribution < 1.29 is 19.4 Å². The number of carbonyl (C=O) groups is 2. The van der Waals surface area contributed by atoms with Gasteiger partial charge in [-0.05, 0) is 38.5 Å². The normalized spacial score (nSPS) is 18.4. The fourth-order valence-electron chi connectivity index (χ4n) is 2.11. The molecule has 0 saturated carbocycles. The smallest absolute Gasteiger partial charge is 0.310 e. The molecular weight excluding hydrogens is 268 g/mol. The Hall–Kier alpha value is -1.55. The molecule has 0 aliphatic carbocycles. The van der Waals surface area contributed by atoms with Gasteiger partial charge in [-0.2, -0.15) is 0 Å². The minimum atomic E-state index is -0.958. The van der Waals surface area contributed by atoms with Crippen molar-refractivity contribution >= 4 is 23.4 Å². The minimum absolute atomic E-state index is 0.0763. The lowest BCUT2D eigenvalue weighted by molar-refractivity contribution is -0.138. The summed E-state index contributed by atoms with van der Waals surface area (Å²) in [7, 11) is 0. The molecule has 0 saturated heterocycles. The highest BCUT2D eigenvalue weighted by atomic mass is 35.5. The van der Waals surface area contributed by atoms with Crippen molar-refractivity contribution in [1.82, 2.24) is 0 Å². The van der Waals surface area contributed by atoms with Crippen LogP contribution in [0.5, 0.6) is 5.75 Å². The molecule has 1 aromatic carbocycles. The first-order valence-electron chi connectivity index (χ1n) is 6.00. The molecular formula is C14H15ClO4. The van der Waals surface area contributed by atoms with Gasteiger partial charge < -0.3 is 9.84 Å². The number of Topliss-reactive ketones (excluding diaryl/α,β-unsaturated/α-hetero) is 1. The van der Waals surface area contributed by atoms with E-state index in [0.29, 0.717) is 16.9 Å². The molecule has 4 nitrogen and oxygen atoms in total. The van der Waals surface area contributed by atoms with E-state index in [9.17, 15) is 9.59 Å². The molecule has 0 fully saturated rings. The summed E-state index contributed by atoms with van der Waals surface area (Å²) in [6, 6.07) is 3.12. The van der Waals surface area contributed by atoms with E-state index in [1.807, 2.05) is 13.8 Å². The molecule has 1 heterocycles. The maximum absolute atomic E-state index is 12.1. The van der Waals surface area contributed by atoms with Gasteiger partial charge in [0.1, 0.15) is 11.4 Å². The van der Waals surface area contributed by atoms with Gasteiger partial charge in [-0.3, -0.25) is 9.59 Å². The number of aliphatic carboxylic acids is 1. The van der Waals surface area contributed by atoms with Gasteiger partial charge in [0.2, 0.25) is 0 Å². The number of ether oxygens (including phenoxy) is 1. The molecule has 102 valence electrons. The standard InChI is InChI=1S/C14H15ClO4/c1-7(13(17)18)8-4-9-11(16)6-14(2,3)19-12(9)10(15)5-8/h4-5,7H,6H2,1-3H3,(H,17,18). The van der Waals surface area contributed by atoms with Gasteiger partial charge >= 0.3 is 5.97 Å². The van der Waals surface area contributed by atoms with Crippen molar-refractivity contribution in [2.45, 2.75) is 38.7 Å². The summed E-state index contributed by atoms with van der Waals surface area (Å²) in [5.41, 5.74) is 0.288. The van der Waals surface area contributed by atoms with Gasteiger partial charge in [-0.15, -0.1) is 0 Å². The topological polar surface area (TPSA) is 63.6 Å². The third kappa shape index (κ3) is 2.59. The van der Waals surface area contributed by atoms with Gasteiger partial charge in [-0.25, -0.2) is 0 Å².